The van der Waals surface area contributed by atoms with Crippen LogP contribution in [0.2, 0.25) is 5.02 Å². The molecule has 1 aromatic rings. The molecule has 1 unspecified atom stereocenters. The Kier molecular flexibility index (Phi) is 3.54. The van der Waals surface area contributed by atoms with Gasteiger partial charge in [-0.05, 0) is 17.7 Å². The van der Waals surface area contributed by atoms with Crippen LogP contribution in [0.15, 0.2) is 18.2 Å². The van der Waals surface area contributed by atoms with Gasteiger partial charge in [0.1, 0.15) is 11.8 Å². The van der Waals surface area contributed by atoms with Gasteiger partial charge in [0.2, 0.25) is 5.91 Å². The number of methoxy groups -OCH3 is 1. The van der Waals surface area contributed by atoms with Gasteiger partial charge < -0.3 is 15.0 Å². The third-order valence-corrected chi connectivity index (χ3v) is 3.22. The number of amides is 1. The Morgan fingerprint density at radius 3 is 2.94 bits per heavy atom. The molecule has 4 nitrogen and oxygen atoms in total. The summed E-state index contributed by atoms with van der Waals surface area (Å²) in [5, 5.41) is 3.71. The lowest BCUT2D eigenvalue weighted by atomic mass is 10.0. The smallest absolute Gasteiger partial charge is 0.244 e. The molecule has 0 saturated carbocycles. The number of halogens is 1. The number of carbonyl (C=O) groups excluding carboxylic acids is 1. The molecule has 0 aliphatic carbocycles. The van der Waals surface area contributed by atoms with Crippen molar-refractivity contribution in [3.05, 3.63) is 28.8 Å². The highest BCUT2D eigenvalue weighted by Crippen LogP contribution is 2.28. The fraction of sp³-hybridized carbons (Fsp3) is 0.417. The van der Waals surface area contributed by atoms with Gasteiger partial charge in [0.15, 0.2) is 0 Å². The summed E-state index contributed by atoms with van der Waals surface area (Å²) in [4.78, 5) is 13.7. The number of rotatable bonds is 2. The molecule has 1 saturated heterocycles. The molecular weight excluding hydrogens is 240 g/mol. The maximum atomic E-state index is 12.0. The second-order valence-corrected chi connectivity index (χ2v) is 4.45. The van der Waals surface area contributed by atoms with Gasteiger partial charge in [0.05, 0.1) is 12.1 Å². The van der Waals surface area contributed by atoms with E-state index in [4.69, 9.17) is 16.3 Å². The van der Waals surface area contributed by atoms with Crippen LogP contribution in [0.4, 0.5) is 0 Å². The zero-order chi connectivity index (χ0) is 12.4. The number of ether oxygens (including phenoxy) is 1. The summed E-state index contributed by atoms with van der Waals surface area (Å²) in [6, 6.07) is 5.10. The van der Waals surface area contributed by atoms with E-state index in [0.717, 1.165) is 18.7 Å². The van der Waals surface area contributed by atoms with Crippen LogP contribution >= 0.6 is 11.6 Å². The largest absolute Gasteiger partial charge is 0.495 e. The van der Waals surface area contributed by atoms with Crippen LogP contribution < -0.4 is 10.1 Å². The van der Waals surface area contributed by atoms with E-state index in [0.29, 0.717) is 10.8 Å². The number of hydrogen-bond acceptors (Lipinski definition) is 3. The number of likely N-dealkylation sites (N-methyl/N-ethyl adjacent to an activating group) is 1. The van der Waals surface area contributed by atoms with Crippen LogP contribution in [0.1, 0.15) is 11.6 Å². The summed E-state index contributed by atoms with van der Waals surface area (Å²) >= 11 is 6.06. The highest BCUT2D eigenvalue weighted by Gasteiger charge is 2.27. The van der Waals surface area contributed by atoms with E-state index in [1.165, 1.54) is 0 Å². The van der Waals surface area contributed by atoms with Crippen molar-refractivity contribution in [1.82, 2.24) is 10.2 Å². The van der Waals surface area contributed by atoms with Crippen molar-refractivity contribution in [1.29, 1.82) is 0 Å². The van der Waals surface area contributed by atoms with E-state index in [9.17, 15) is 4.79 Å². The summed E-state index contributed by atoms with van der Waals surface area (Å²) in [5.41, 5.74) is 0.868. The molecule has 0 spiro atoms. The average molecular weight is 255 g/mol. The third-order valence-electron chi connectivity index (χ3n) is 2.93. The number of piperazine rings is 1. The molecule has 1 fully saturated rings. The SMILES string of the molecule is COc1ccc(C2NCCN(C)C2=O)cc1Cl. The monoisotopic (exact) mass is 254 g/mol. The Balaban J connectivity index is 2.27. The molecule has 1 N–H and O–H groups in total. The maximum Gasteiger partial charge on any atom is 0.244 e. The highest BCUT2D eigenvalue weighted by atomic mass is 35.5. The van der Waals surface area contributed by atoms with Crippen LogP contribution in [0.3, 0.4) is 0 Å². The Labute approximate surface area is 106 Å². The summed E-state index contributed by atoms with van der Waals surface area (Å²) in [7, 11) is 3.37. The van der Waals surface area contributed by atoms with E-state index in [1.807, 2.05) is 6.07 Å². The molecule has 1 aliphatic rings. The molecule has 0 aromatic heterocycles. The minimum absolute atomic E-state index is 0.0671. The van der Waals surface area contributed by atoms with Crippen molar-refractivity contribution < 1.29 is 9.53 Å². The summed E-state index contributed by atoms with van der Waals surface area (Å²) < 4.78 is 5.09. The first-order chi connectivity index (χ1) is 8.13. The summed E-state index contributed by atoms with van der Waals surface area (Å²) in [6.07, 6.45) is 0. The summed E-state index contributed by atoms with van der Waals surface area (Å²) in [6.45, 7) is 1.52. The first-order valence-corrected chi connectivity index (χ1v) is 5.83. The van der Waals surface area contributed by atoms with E-state index >= 15 is 0 Å². The van der Waals surface area contributed by atoms with E-state index < -0.39 is 0 Å². The van der Waals surface area contributed by atoms with Crippen molar-refractivity contribution in [2.75, 3.05) is 27.2 Å². The molecular formula is C12H15ClN2O2. The third kappa shape index (κ3) is 2.37. The topological polar surface area (TPSA) is 41.6 Å². The van der Waals surface area contributed by atoms with Crippen molar-refractivity contribution in [3.63, 3.8) is 0 Å². The lowest BCUT2D eigenvalue weighted by molar-refractivity contribution is -0.134. The van der Waals surface area contributed by atoms with Crippen molar-refractivity contribution >= 4 is 17.5 Å². The van der Waals surface area contributed by atoms with Crippen molar-refractivity contribution in [2.24, 2.45) is 0 Å². The molecule has 17 heavy (non-hydrogen) atoms. The van der Waals surface area contributed by atoms with Crippen LogP contribution in [0.5, 0.6) is 5.75 Å². The minimum atomic E-state index is -0.308. The van der Waals surface area contributed by atoms with Crippen LogP contribution in [0, 0.1) is 0 Å². The first-order valence-electron chi connectivity index (χ1n) is 5.45. The summed E-state index contributed by atoms with van der Waals surface area (Å²) in [5.74, 6) is 0.685. The Hall–Kier alpha value is -1.26. The molecule has 1 atom stereocenters. The van der Waals surface area contributed by atoms with Gasteiger partial charge in [-0.15, -0.1) is 0 Å². The van der Waals surface area contributed by atoms with Crippen LogP contribution in [-0.2, 0) is 4.79 Å². The fourth-order valence-electron chi connectivity index (χ4n) is 1.92. The van der Waals surface area contributed by atoms with E-state index in [1.54, 1.807) is 31.2 Å². The molecule has 1 heterocycles. The van der Waals surface area contributed by atoms with Gasteiger partial charge in [-0.2, -0.15) is 0 Å². The Morgan fingerprint density at radius 2 is 2.29 bits per heavy atom. The van der Waals surface area contributed by atoms with Gasteiger partial charge in [-0.25, -0.2) is 0 Å². The minimum Gasteiger partial charge on any atom is -0.495 e. The molecule has 2 rings (SSSR count). The van der Waals surface area contributed by atoms with Crippen molar-refractivity contribution in [3.8, 4) is 5.75 Å². The second-order valence-electron chi connectivity index (χ2n) is 4.04. The number of nitrogens with one attached hydrogen (secondary N) is 1. The predicted octanol–water partition coefficient (Wildman–Crippen LogP) is 1.45. The standard InChI is InChI=1S/C12H15ClN2O2/c1-15-6-5-14-11(12(15)16)8-3-4-10(17-2)9(13)7-8/h3-4,7,11,14H,5-6H2,1-2H3. The quantitative estimate of drug-likeness (QED) is 0.869. The molecule has 5 heteroatoms. The lowest BCUT2D eigenvalue weighted by Crippen LogP contribution is -2.48. The molecule has 0 radical (unpaired) electrons. The average Bonchev–Trinajstić information content (AvgIpc) is 2.32. The Bertz CT molecular complexity index is 437. The molecule has 92 valence electrons. The lowest BCUT2D eigenvalue weighted by Gasteiger charge is -2.30. The van der Waals surface area contributed by atoms with E-state index in [2.05, 4.69) is 5.32 Å². The second kappa shape index (κ2) is 4.94. The van der Waals surface area contributed by atoms with Gasteiger partial charge >= 0.3 is 0 Å². The predicted molar refractivity (Wildman–Crippen MR) is 66.4 cm³/mol. The zero-order valence-electron chi connectivity index (χ0n) is 9.87. The first kappa shape index (κ1) is 12.2. The number of nitrogens with zero attached hydrogens (tertiary/aromatic N) is 1. The zero-order valence-corrected chi connectivity index (χ0v) is 10.6. The van der Waals surface area contributed by atoms with Gasteiger partial charge in [0, 0.05) is 20.1 Å². The Morgan fingerprint density at radius 1 is 1.53 bits per heavy atom. The number of benzene rings is 1. The normalized spacial score (nSPS) is 20.5. The van der Waals surface area contributed by atoms with Crippen molar-refractivity contribution in [2.45, 2.75) is 6.04 Å². The van der Waals surface area contributed by atoms with Crippen LogP contribution in [0.25, 0.3) is 0 Å². The van der Waals surface area contributed by atoms with Gasteiger partial charge in [-0.3, -0.25) is 4.79 Å². The highest BCUT2D eigenvalue weighted by molar-refractivity contribution is 6.32. The molecule has 1 aromatic carbocycles. The fourth-order valence-corrected chi connectivity index (χ4v) is 2.18. The molecule has 1 aliphatic heterocycles. The van der Waals surface area contributed by atoms with Crippen LogP contribution in [-0.4, -0.2) is 38.1 Å². The number of hydrogen-bond donors (Lipinski definition) is 1. The van der Waals surface area contributed by atoms with Gasteiger partial charge in [0.25, 0.3) is 0 Å². The maximum absolute atomic E-state index is 12.0. The molecule has 0 bridgehead atoms. The van der Waals surface area contributed by atoms with Gasteiger partial charge in [-0.1, -0.05) is 17.7 Å². The number of carbonyl (C=O) groups is 1. The molecule has 1 amide bonds. The van der Waals surface area contributed by atoms with E-state index in [-0.39, 0.29) is 11.9 Å².